The molecule has 1 saturated carbocycles. The first-order chi connectivity index (χ1) is 9.64. The Morgan fingerprint density at radius 1 is 1.35 bits per heavy atom. The van der Waals surface area contributed by atoms with Crippen molar-refractivity contribution in [1.29, 1.82) is 0 Å². The number of hydrogen-bond acceptors (Lipinski definition) is 5. The van der Waals surface area contributed by atoms with E-state index in [1.54, 1.807) is 13.2 Å². The fraction of sp³-hybridized carbons (Fsp3) is 0.429. The van der Waals surface area contributed by atoms with Gasteiger partial charge in [-0.3, -0.25) is 0 Å². The lowest BCUT2D eigenvalue weighted by atomic mass is 10.0. The molecule has 1 fully saturated rings. The van der Waals surface area contributed by atoms with E-state index in [0.29, 0.717) is 22.3 Å². The third kappa shape index (κ3) is 2.17. The number of nitrogens with zero attached hydrogens (tertiary/aromatic N) is 2. The summed E-state index contributed by atoms with van der Waals surface area (Å²) in [5.74, 6) is 0.947. The molecule has 106 valence electrons. The average Bonchev–Trinajstić information content (AvgIpc) is 3.10. The molecule has 1 heterocycles. The van der Waals surface area contributed by atoms with Gasteiger partial charge in [0.15, 0.2) is 0 Å². The number of halogens is 1. The lowest BCUT2D eigenvalue weighted by Crippen LogP contribution is -2.25. The summed E-state index contributed by atoms with van der Waals surface area (Å²) >= 11 is 6.10. The highest BCUT2D eigenvalue weighted by atomic mass is 35.5. The van der Waals surface area contributed by atoms with Crippen LogP contribution in [0.25, 0.3) is 11.5 Å². The summed E-state index contributed by atoms with van der Waals surface area (Å²) in [5.41, 5.74) is 0.0695. The molecule has 0 radical (unpaired) electrons. The van der Waals surface area contributed by atoms with Gasteiger partial charge in [-0.25, -0.2) is 0 Å². The molecule has 0 saturated heterocycles. The van der Waals surface area contributed by atoms with E-state index in [1.807, 2.05) is 0 Å². The van der Waals surface area contributed by atoms with Gasteiger partial charge >= 0.3 is 0 Å². The number of aromatic hydroxyl groups is 1. The van der Waals surface area contributed by atoms with Gasteiger partial charge in [0.2, 0.25) is 5.82 Å². The summed E-state index contributed by atoms with van der Waals surface area (Å²) in [5, 5.41) is 14.0. The predicted octanol–water partition coefficient (Wildman–Crippen LogP) is 3.51. The third-order valence-electron chi connectivity index (χ3n) is 3.82. The Balaban J connectivity index is 2.00. The van der Waals surface area contributed by atoms with Crippen molar-refractivity contribution in [1.82, 2.24) is 10.1 Å². The molecular weight excluding hydrogens is 280 g/mol. The van der Waals surface area contributed by atoms with Crippen LogP contribution in [0.3, 0.4) is 0 Å². The number of aromatic nitrogens is 2. The second-order valence-electron chi connectivity index (χ2n) is 4.99. The first-order valence-corrected chi connectivity index (χ1v) is 6.91. The average molecular weight is 295 g/mol. The standard InChI is InChI=1S/C14H15ClN2O3/c1-19-14(6-2-3-7-14)13-16-12(20-17-13)10-8-9(18)4-5-11(10)15/h4-5,8,18H,2-3,6-7H2,1H3. The van der Waals surface area contributed by atoms with E-state index >= 15 is 0 Å². The Bertz CT molecular complexity index is 621. The number of phenols is 1. The van der Waals surface area contributed by atoms with Gasteiger partial charge in [-0.05, 0) is 43.9 Å². The Morgan fingerprint density at radius 3 is 2.80 bits per heavy atom. The summed E-state index contributed by atoms with van der Waals surface area (Å²) in [6.45, 7) is 0. The molecule has 0 spiro atoms. The predicted molar refractivity (Wildman–Crippen MR) is 73.6 cm³/mol. The maximum Gasteiger partial charge on any atom is 0.259 e. The number of methoxy groups -OCH3 is 1. The Morgan fingerprint density at radius 2 is 2.10 bits per heavy atom. The Labute approximate surface area is 121 Å². The summed E-state index contributed by atoms with van der Waals surface area (Å²) in [4.78, 5) is 4.41. The van der Waals surface area contributed by atoms with Crippen LogP contribution in [-0.4, -0.2) is 22.4 Å². The maximum atomic E-state index is 9.54. The summed E-state index contributed by atoms with van der Waals surface area (Å²) in [7, 11) is 1.67. The van der Waals surface area contributed by atoms with Crippen molar-refractivity contribution in [3.8, 4) is 17.2 Å². The van der Waals surface area contributed by atoms with Crippen LogP contribution in [0.15, 0.2) is 22.7 Å². The number of rotatable bonds is 3. The topological polar surface area (TPSA) is 68.4 Å². The van der Waals surface area contributed by atoms with Crippen LogP contribution in [0, 0.1) is 0 Å². The molecule has 1 aliphatic rings. The molecule has 2 aromatic rings. The first-order valence-electron chi connectivity index (χ1n) is 6.53. The second kappa shape index (κ2) is 5.07. The van der Waals surface area contributed by atoms with Crippen molar-refractivity contribution in [2.75, 3.05) is 7.11 Å². The van der Waals surface area contributed by atoms with Crippen molar-refractivity contribution >= 4 is 11.6 Å². The van der Waals surface area contributed by atoms with E-state index in [2.05, 4.69) is 10.1 Å². The Kier molecular flexibility index (Phi) is 3.40. The fourth-order valence-electron chi connectivity index (χ4n) is 2.66. The van der Waals surface area contributed by atoms with E-state index in [-0.39, 0.29) is 5.75 Å². The third-order valence-corrected chi connectivity index (χ3v) is 4.15. The van der Waals surface area contributed by atoms with Crippen LogP contribution < -0.4 is 0 Å². The fourth-order valence-corrected chi connectivity index (χ4v) is 2.86. The molecule has 0 atom stereocenters. The van der Waals surface area contributed by atoms with E-state index < -0.39 is 5.60 Å². The molecule has 20 heavy (non-hydrogen) atoms. The molecule has 3 rings (SSSR count). The molecule has 1 aromatic carbocycles. The van der Waals surface area contributed by atoms with Gasteiger partial charge in [0.1, 0.15) is 11.4 Å². The molecule has 0 amide bonds. The van der Waals surface area contributed by atoms with Crippen molar-refractivity contribution in [2.24, 2.45) is 0 Å². The zero-order valence-corrected chi connectivity index (χ0v) is 11.9. The normalized spacial score (nSPS) is 17.5. The van der Waals surface area contributed by atoms with Gasteiger partial charge in [0.25, 0.3) is 5.89 Å². The molecule has 1 N–H and O–H groups in total. The highest BCUT2D eigenvalue weighted by molar-refractivity contribution is 6.33. The van der Waals surface area contributed by atoms with E-state index in [1.165, 1.54) is 12.1 Å². The molecular formula is C14H15ClN2O3. The largest absolute Gasteiger partial charge is 0.508 e. The summed E-state index contributed by atoms with van der Waals surface area (Å²) in [6, 6.07) is 4.61. The van der Waals surface area contributed by atoms with Gasteiger partial charge in [0, 0.05) is 7.11 Å². The van der Waals surface area contributed by atoms with E-state index in [4.69, 9.17) is 20.9 Å². The minimum Gasteiger partial charge on any atom is -0.508 e. The SMILES string of the molecule is COC1(c2noc(-c3cc(O)ccc3Cl)n2)CCCC1. The molecule has 0 unspecified atom stereocenters. The zero-order valence-electron chi connectivity index (χ0n) is 11.1. The van der Waals surface area contributed by atoms with Crippen LogP contribution >= 0.6 is 11.6 Å². The van der Waals surface area contributed by atoms with E-state index in [9.17, 15) is 5.11 Å². The number of hydrogen-bond donors (Lipinski definition) is 1. The second-order valence-corrected chi connectivity index (χ2v) is 5.40. The van der Waals surface area contributed by atoms with Crippen LogP contribution in [0.5, 0.6) is 5.75 Å². The molecule has 1 aliphatic carbocycles. The van der Waals surface area contributed by atoms with Crippen LogP contribution in [0.2, 0.25) is 5.02 Å². The highest BCUT2D eigenvalue weighted by Crippen LogP contribution is 2.41. The van der Waals surface area contributed by atoms with Gasteiger partial charge in [-0.1, -0.05) is 16.8 Å². The van der Waals surface area contributed by atoms with Crippen LogP contribution in [0.4, 0.5) is 0 Å². The maximum absolute atomic E-state index is 9.54. The molecule has 0 bridgehead atoms. The van der Waals surface area contributed by atoms with Gasteiger partial charge in [0.05, 0.1) is 10.6 Å². The quantitative estimate of drug-likeness (QED) is 0.938. The monoisotopic (exact) mass is 294 g/mol. The van der Waals surface area contributed by atoms with Gasteiger partial charge in [-0.15, -0.1) is 0 Å². The van der Waals surface area contributed by atoms with Crippen LogP contribution in [0.1, 0.15) is 31.5 Å². The van der Waals surface area contributed by atoms with Crippen molar-refractivity contribution in [3.63, 3.8) is 0 Å². The lowest BCUT2D eigenvalue weighted by molar-refractivity contribution is -0.0178. The number of phenolic OH excluding ortho intramolecular Hbond substituents is 1. The number of ether oxygens (including phenoxy) is 1. The summed E-state index contributed by atoms with van der Waals surface area (Å²) in [6.07, 6.45) is 3.95. The van der Waals surface area contributed by atoms with Crippen molar-refractivity contribution < 1.29 is 14.4 Å². The van der Waals surface area contributed by atoms with E-state index in [0.717, 1.165) is 25.7 Å². The minimum atomic E-state index is -0.453. The molecule has 6 heteroatoms. The first kappa shape index (κ1) is 13.4. The van der Waals surface area contributed by atoms with Gasteiger partial charge < -0.3 is 14.4 Å². The molecule has 5 nitrogen and oxygen atoms in total. The van der Waals surface area contributed by atoms with Gasteiger partial charge in [-0.2, -0.15) is 4.98 Å². The zero-order chi connectivity index (χ0) is 14.2. The smallest absolute Gasteiger partial charge is 0.259 e. The van der Waals surface area contributed by atoms with Crippen molar-refractivity contribution in [3.05, 3.63) is 29.0 Å². The van der Waals surface area contributed by atoms with Crippen molar-refractivity contribution in [2.45, 2.75) is 31.3 Å². The lowest BCUT2D eigenvalue weighted by Gasteiger charge is -2.22. The highest BCUT2D eigenvalue weighted by Gasteiger charge is 2.40. The molecule has 1 aromatic heterocycles. The minimum absolute atomic E-state index is 0.103. The Hall–Kier alpha value is -1.59. The molecule has 0 aliphatic heterocycles. The summed E-state index contributed by atoms with van der Waals surface area (Å²) < 4.78 is 10.9. The number of benzene rings is 1. The van der Waals surface area contributed by atoms with Crippen LogP contribution in [-0.2, 0) is 10.3 Å².